The van der Waals surface area contributed by atoms with E-state index in [9.17, 15) is 0 Å². The maximum atomic E-state index is 2.59. The molecule has 124 valence electrons. The van der Waals surface area contributed by atoms with Gasteiger partial charge in [-0.05, 0) is 59.7 Å². The Morgan fingerprint density at radius 2 is 1.52 bits per heavy atom. The summed E-state index contributed by atoms with van der Waals surface area (Å²) in [5.74, 6) is 6.53. The highest BCUT2D eigenvalue weighted by atomic mass is 14.6. The van der Waals surface area contributed by atoms with Gasteiger partial charge in [0.1, 0.15) is 0 Å². The average molecular weight is 293 g/mol. The lowest BCUT2D eigenvalue weighted by Crippen LogP contribution is -2.57. The van der Waals surface area contributed by atoms with Gasteiger partial charge in [-0.3, -0.25) is 0 Å². The molecular formula is C21H40. The Kier molecular flexibility index (Phi) is 5.48. The Bertz CT molecular complexity index is 319. The molecule has 0 aromatic heterocycles. The van der Waals surface area contributed by atoms with Crippen molar-refractivity contribution in [3.63, 3.8) is 0 Å². The molecule has 0 aromatic rings. The molecule has 0 aromatic carbocycles. The second-order valence-corrected chi connectivity index (χ2v) is 9.26. The third kappa shape index (κ3) is 3.06. The lowest BCUT2D eigenvalue weighted by atomic mass is 9.42. The van der Waals surface area contributed by atoms with E-state index in [2.05, 4.69) is 48.5 Å². The summed E-state index contributed by atoms with van der Waals surface area (Å²) in [5, 5.41) is 0. The normalized spacial score (nSPS) is 45.4. The van der Waals surface area contributed by atoms with Gasteiger partial charge in [-0.2, -0.15) is 0 Å². The van der Waals surface area contributed by atoms with E-state index in [1.807, 2.05) is 0 Å². The van der Waals surface area contributed by atoms with E-state index < -0.39 is 0 Å². The van der Waals surface area contributed by atoms with Crippen molar-refractivity contribution in [1.29, 1.82) is 0 Å². The third-order valence-electron chi connectivity index (χ3n) is 8.21. The summed E-state index contributed by atoms with van der Waals surface area (Å²) >= 11 is 0. The van der Waals surface area contributed by atoms with Gasteiger partial charge < -0.3 is 0 Å². The molecule has 5 atom stereocenters. The van der Waals surface area contributed by atoms with Crippen LogP contribution in [-0.4, -0.2) is 0 Å². The van der Waals surface area contributed by atoms with Gasteiger partial charge in [0.2, 0.25) is 0 Å². The van der Waals surface area contributed by atoms with Crippen molar-refractivity contribution in [2.24, 2.45) is 46.8 Å². The molecular weight excluding hydrogens is 252 g/mol. The highest BCUT2D eigenvalue weighted by Crippen LogP contribution is 2.62. The molecule has 2 aliphatic rings. The molecule has 0 radical (unpaired) electrons. The fourth-order valence-corrected chi connectivity index (χ4v) is 6.21. The molecule has 0 bridgehead atoms. The molecule has 5 unspecified atom stereocenters. The van der Waals surface area contributed by atoms with Crippen LogP contribution >= 0.6 is 0 Å². The topological polar surface area (TPSA) is 0 Å². The van der Waals surface area contributed by atoms with Crippen LogP contribution in [0, 0.1) is 46.8 Å². The maximum absolute atomic E-state index is 2.59. The van der Waals surface area contributed by atoms with E-state index in [4.69, 9.17) is 0 Å². The molecule has 0 N–H and O–H groups in total. The molecule has 2 saturated carbocycles. The number of hydrogen-bond acceptors (Lipinski definition) is 0. The third-order valence-corrected chi connectivity index (χ3v) is 8.21. The quantitative estimate of drug-likeness (QED) is 0.523. The molecule has 0 aliphatic heterocycles. The fraction of sp³-hybridized carbons (Fsp3) is 1.00. The van der Waals surface area contributed by atoms with Gasteiger partial charge in [0.15, 0.2) is 0 Å². The van der Waals surface area contributed by atoms with Gasteiger partial charge >= 0.3 is 0 Å². The highest BCUT2D eigenvalue weighted by Gasteiger charge is 2.56. The van der Waals surface area contributed by atoms with E-state index in [1.165, 1.54) is 38.5 Å². The summed E-state index contributed by atoms with van der Waals surface area (Å²) in [5.41, 5.74) is 0.590. The van der Waals surface area contributed by atoms with Crippen LogP contribution in [0.5, 0.6) is 0 Å². The van der Waals surface area contributed by atoms with Crippen molar-refractivity contribution in [1.82, 2.24) is 0 Å². The SMILES string of the molecule is CC(C)C1C(C)C(C)(C(C)CCC2CCCCC2C)C1C. The van der Waals surface area contributed by atoms with Gasteiger partial charge in [0.05, 0.1) is 0 Å². The molecule has 2 fully saturated rings. The van der Waals surface area contributed by atoms with Gasteiger partial charge in [-0.15, -0.1) is 0 Å². The van der Waals surface area contributed by atoms with Crippen LogP contribution in [0.4, 0.5) is 0 Å². The van der Waals surface area contributed by atoms with Crippen LogP contribution < -0.4 is 0 Å². The van der Waals surface area contributed by atoms with Crippen molar-refractivity contribution >= 4 is 0 Å². The zero-order valence-corrected chi connectivity index (χ0v) is 15.8. The molecule has 0 heteroatoms. The molecule has 2 rings (SSSR count). The van der Waals surface area contributed by atoms with E-state index in [0.717, 1.165) is 41.4 Å². The van der Waals surface area contributed by atoms with Crippen molar-refractivity contribution in [2.75, 3.05) is 0 Å². The van der Waals surface area contributed by atoms with E-state index >= 15 is 0 Å². The molecule has 0 spiro atoms. The summed E-state index contributed by atoms with van der Waals surface area (Å²) < 4.78 is 0. The average Bonchev–Trinajstić information content (AvgIpc) is 2.45. The lowest BCUT2D eigenvalue weighted by Gasteiger charge is -2.63. The Labute approximate surface area is 134 Å². The summed E-state index contributed by atoms with van der Waals surface area (Å²) in [6.45, 7) is 17.6. The molecule has 2 aliphatic carbocycles. The minimum atomic E-state index is 0.590. The van der Waals surface area contributed by atoms with E-state index in [1.54, 1.807) is 0 Å². The van der Waals surface area contributed by atoms with Crippen LogP contribution in [-0.2, 0) is 0 Å². The summed E-state index contributed by atoms with van der Waals surface area (Å²) in [6, 6.07) is 0. The van der Waals surface area contributed by atoms with Crippen LogP contribution in [0.3, 0.4) is 0 Å². The van der Waals surface area contributed by atoms with Crippen molar-refractivity contribution < 1.29 is 0 Å². The number of hydrogen-bond donors (Lipinski definition) is 0. The smallest absolute Gasteiger partial charge is 0.0243 e. The summed E-state index contributed by atoms with van der Waals surface area (Å²) in [6.07, 6.45) is 8.91. The lowest BCUT2D eigenvalue weighted by molar-refractivity contribution is -0.149. The van der Waals surface area contributed by atoms with Gasteiger partial charge in [-0.25, -0.2) is 0 Å². The van der Waals surface area contributed by atoms with Crippen LogP contribution in [0.1, 0.15) is 87.0 Å². The van der Waals surface area contributed by atoms with Crippen LogP contribution in [0.25, 0.3) is 0 Å². The molecule has 0 amide bonds. The molecule has 0 saturated heterocycles. The standard InChI is InChI=1S/C21H40/c1-14(2)20-17(5)21(7,18(20)6)16(4)12-13-19-11-9-8-10-15(19)3/h14-20H,8-13H2,1-7H3. The Hall–Kier alpha value is 0. The van der Waals surface area contributed by atoms with Crippen molar-refractivity contribution in [2.45, 2.75) is 87.0 Å². The zero-order valence-electron chi connectivity index (χ0n) is 15.8. The Morgan fingerprint density at radius 1 is 0.952 bits per heavy atom. The minimum Gasteiger partial charge on any atom is -0.0625 e. The first-order valence-electron chi connectivity index (χ1n) is 9.80. The second-order valence-electron chi connectivity index (χ2n) is 9.26. The largest absolute Gasteiger partial charge is 0.0625 e. The summed E-state index contributed by atoms with van der Waals surface area (Å²) in [7, 11) is 0. The van der Waals surface area contributed by atoms with Gasteiger partial charge in [-0.1, -0.05) is 74.1 Å². The monoisotopic (exact) mass is 292 g/mol. The van der Waals surface area contributed by atoms with E-state index in [0.29, 0.717) is 5.41 Å². The predicted molar refractivity (Wildman–Crippen MR) is 94.3 cm³/mol. The number of rotatable bonds is 5. The molecule has 21 heavy (non-hydrogen) atoms. The maximum Gasteiger partial charge on any atom is -0.0243 e. The minimum absolute atomic E-state index is 0.590. The predicted octanol–water partition coefficient (Wildman–Crippen LogP) is 6.79. The first kappa shape index (κ1) is 17.4. The fourth-order valence-electron chi connectivity index (χ4n) is 6.21. The Morgan fingerprint density at radius 3 is 2.05 bits per heavy atom. The Balaban J connectivity index is 1.89. The summed E-state index contributed by atoms with van der Waals surface area (Å²) in [4.78, 5) is 0. The van der Waals surface area contributed by atoms with Crippen molar-refractivity contribution in [3.8, 4) is 0 Å². The first-order valence-corrected chi connectivity index (χ1v) is 9.80. The van der Waals surface area contributed by atoms with Crippen molar-refractivity contribution in [3.05, 3.63) is 0 Å². The van der Waals surface area contributed by atoms with Crippen LogP contribution in [0.2, 0.25) is 0 Å². The second kappa shape index (κ2) is 6.63. The van der Waals surface area contributed by atoms with Gasteiger partial charge in [0.25, 0.3) is 0 Å². The highest BCUT2D eigenvalue weighted by molar-refractivity contribution is 5.04. The molecule has 0 nitrogen and oxygen atoms in total. The van der Waals surface area contributed by atoms with E-state index in [-0.39, 0.29) is 0 Å². The van der Waals surface area contributed by atoms with Gasteiger partial charge in [0, 0.05) is 0 Å². The zero-order chi connectivity index (χ0) is 15.8. The molecule has 0 heterocycles. The van der Waals surface area contributed by atoms with Crippen LogP contribution in [0.15, 0.2) is 0 Å². The first-order chi connectivity index (χ1) is 9.80.